The van der Waals surface area contributed by atoms with E-state index in [-0.39, 0.29) is 0 Å². The molecule has 0 aromatic rings. The van der Waals surface area contributed by atoms with E-state index in [9.17, 15) is 0 Å². The molecule has 2 fully saturated rings. The molecule has 0 atom stereocenters. The second-order valence-electron chi connectivity index (χ2n) is 4.37. The first-order chi connectivity index (χ1) is 7.85. The van der Waals surface area contributed by atoms with Crippen LogP contribution in [-0.4, -0.2) is 37.7 Å². The van der Waals surface area contributed by atoms with E-state index in [0.717, 1.165) is 13.2 Å². The second kappa shape index (κ2) is 9.00. The Labute approximate surface area is 102 Å². The number of hydrogen-bond acceptors (Lipinski definition) is 2. The van der Waals surface area contributed by atoms with Crippen molar-refractivity contribution in [3.8, 4) is 0 Å². The highest BCUT2D eigenvalue weighted by Crippen LogP contribution is 2.37. The van der Waals surface area contributed by atoms with E-state index >= 15 is 0 Å². The Morgan fingerprint density at radius 1 is 1.12 bits per heavy atom. The first-order valence-corrected chi connectivity index (χ1v) is 7.15. The number of rotatable bonds is 2. The van der Waals surface area contributed by atoms with Gasteiger partial charge in [-0.05, 0) is 25.8 Å². The van der Waals surface area contributed by atoms with Gasteiger partial charge in [-0.3, -0.25) is 0 Å². The van der Waals surface area contributed by atoms with Crippen molar-refractivity contribution < 1.29 is 4.74 Å². The summed E-state index contributed by atoms with van der Waals surface area (Å²) < 4.78 is 5.53. The van der Waals surface area contributed by atoms with Crippen molar-refractivity contribution >= 4 is 0 Å². The van der Waals surface area contributed by atoms with E-state index in [1.807, 2.05) is 27.7 Å². The number of ether oxygens (including phenoxy) is 1. The summed E-state index contributed by atoms with van der Waals surface area (Å²) in [6, 6.07) is 0. The molecule has 0 bridgehead atoms. The molecule has 0 unspecified atom stereocenters. The van der Waals surface area contributed by atoms with Crippen LogP contribution in [0, 0.1) is 5.41 Å². The van der Waals surface area contributed by atoms with Gasteiger partial charge in [0.1, 0.15) is 0 Å². The van der Waals surface area contributed by atoms with Crippen LogP contribution in [0.25, 0.3) is 0 Å². The maximum atomic E-state index is 5.53. The highest BCUT2D eigenvalue weighted by molar-refractivity contribution is 4.95. The molecule has 0 radical (unpaired) electrons. The molecular weight excluding hydrogens is 198 g/mol. The summed E-state index contributed by atoms with van der Waals surface area (Å²) in [5.74, 6) is 0. The Morgan fingerprint density at radius 2 is 1.75 bits per heavy atom. The molecule has 2 nitrogen and oxygen atoms in total. The molecule has 2 heterocycles. The van der Waals surface area contributed by atoms with Gasteiger partial charge in [0.2, 0.25) is 0 Å². The highest BCUT2D eigenvalue weighted by atomic mass is 16.5. The van der Waals surface area contributed by atoms with Crippen molar-refractivity contribution in [3.63, 3.8) is 0 Å². The number of nitrogens with zero attached hydrogens (tertiary/aromatic N) is 1. The van der Waals surface area contributed by atoms with Gasteiger partial charge in [-0.2, -0.15) is 0 Å². The quantitative estimate of drug-likeness (QED) is 0.718. The maximum absolute atomic E-state index is 5.53. The van der Waals surface area contributed by atoms with Crippen molar-refractivity contribution in [1.29, 1.82) is 0 Å². The van der Waals surface area contributed by atoms with E-state index in [2.05, 4.69) is 11.8 Å². The Bertz CT molecular complexity index is 145. The zero-order valence-corrected chi connectivity index (χ0v) is 12.0. The first-order valence-electron chi connectivity index (χ1n) is 7.15. The molecule has 98 valence electrons. The fourth-order valence-electron chi connectivity index (χ4n) is 2.54. The van der Waals surface area contributed by atoms with Crippen LogP contribution in [-0.2, 0) is 4.74 Å². The zero-order valence-electron chi connectivity index (χ0n) is 12.0. The van der Waals surface area contributed by atoms with Crippen molar-refractivity contribution in [2.75, 3.05) is 32.8 Å². The molecule has 16 heavy (non-hydrogen) atoms. The van der Waals surface area contributed by atoms with E-state index in [1.54, 1.807) is 0 Å². The summed E-state index contributed by atoms with van der Waals surface area (Å²) in [6.45, 7) is 16.1. The van der Waals surface area contributed by atoms with Gasteiger partial charge >= 0.3 is 0 Å². The van der Waals surface area contributed by atoms with Gasteiger partial charge in [-0.25, -0.2) is 0 Å². The van der Waals surface area contributed by atoms with Gasteiger partial charge in [-0.15, -0.1) is 0 Å². The van der Waals surface area contributed by atoms with Crippen molar-refractivity contribution in [3.05, 3.63) is 0 Å². The highest BCUT2D eigenvalue weighted by Gasteiger charge is 2.43. The van der Waals surface area contributed by atoms with E-state index in [4.69, 9.17) is 4.74 Å². The number of likely N-dealkylation sites (tertiary alicyclic amines) is 1. The van der Waals surface area contributed by atoms with Crippen LogP contribution in [0.3, 0.4) is 0 Å². The smallest absolute Gasteiger partial charge is 0.0547 e. The molecule has 0 aliphatic carbocycles. The van der Waals surface area contributed by atoms with Crippen LogP contribution < -0.4 is 0 Å². The molecule has 0 saturated carbocycles. The molecule has 0 amide bonds. The van der Waals surface area contributed by atoms with Gasteiger partial charge in [0.15, 0.2) is 0 Å². The van der Waals surface area contributed by atoms with Gasteiger partial charge in [-0.1, -0.05) is 34.6 Å². The van der Waals surface area contributed by atoms with Crippen molar-refractivity contribution in [2.45, 2.75) is 53.9 Å². The minimum absolute atomic E-state index is 0.577. The molecule has 0 aromatic heterocycles. The summed E-state index contributed by atoms with van der Waals surface area (Å²) in [5.41, 5.74) is 0.577. The lowest BCUT2D eigenvalue weighted by molar-refractivity contribution is -0.100. The first kappa shape index (κ1) is 15.9. The summed E-state index contributed by atoms with van der Waals surface area (Å²) in [5, 5.41) is 0. The third-order valence-electron chi connectivity index (χ3n) is 3.06. The fourth-order valence-corrected chi connectivity index (χ4v) is 2.54. The zero-order chi connectivity index (χ0) is 12.4. The average Bonchev–Trinajstić information content (AvgIpc) is 2.34. The molecular formula is C14H31NO. The summed E-state index contributed by atoms with van der Waals surface area (Å²) >= 11 is 0. The third kappa shape index (κ3) is 4.42. The Kier molecular flexibility index (Phi) is 8.96. The predicted molar refractivity (Wildman–Crippen MR) is 71.9 cm³/mol. The summed E-state index contributed by atoms with van der Waals surface area (Å²) in [4.78, 5) is 2.55. The Balaban J connectivity index is 0.000000509. The predicted octanol–water partition coefficient (Wildman–Crippen LogP) is 3.56. The fraction of sp³-hybridized carbons (Fsp3) is 1.00. The van der Waals surface area contributed by atoms with Crippen LogP contribution in [0.2, 0.25) is 0 Å². The van der Waals surface area contributed by atoms with Gasteiger partial charge < -0.3 is 9.64 Å². The maximum Gasteiger partial charge on any atom is 0.0547 e. The standard InChI is InChI=1S/C10H19NO.2C2H6/c1-2-5-11-7-10(8-11)4-3-6-12-9-10;2*1-2/h2-9H2,1H3;2*1-2H3. The topological polar surface area (TPSA) is 12.5 Å². The molecule has 2 aliphatic rings. The molecule has 0 aromatic carbocycles. The van der Waals surface area contributed by atoms with E-state index < -0.39 is 0 Å². The van der Waals surface area contributed by atoms with Crippen LogP contribution >= 0.6 is 0 Å². The molecule has 2 aliphatic heterocycles. The summed E-state index contributed by atoms with van der Waals surface area (Å²) in [7, 11) is 0. The van der Waals surface area contributed by atoms with E-state index in [1.165, 1.54) is 38.9 Å². The minimum Gasteiger partial charge on any atom is -0.381 e. The van der Waals surface area contributed by atoms with Gasteiger partial charge in [0, 0.05) is 25.1 Å². The van der Waals surface area contributed by atoms with Crippen LogP contribution in [0.5, 0.6) is 0 Å². The molecule has 2 rings (SSSR count). The molecule has 2 heteroatoms. The Morgan fingerprint density at radius 3 is 2.19 bits per heavy atom. The number of hydrogen-bond donors (Lipinski definition) is 0. The van der Waals surface area contributed by atoms with Crippen molar-refractivity contribution in [1.82, 2.24) is 4.90 Å². The van der Waals surface area contributed by atoms with Gasteiger partial charge in [0.05, 0.1) is 6.61 Å². The van der Waals surface area contributed by atoms with Crippen molar-refractivity contribution in [2.24, 2.45) is 5.41 Å². The average molecular weight is 229 g/mol. The van der Waals surface area contributed by atoms with E-state index in [0.29, 0.717) is 5.41 Å². The minimum atomic E-state index is 0.577. The van der Waals surface area contributed by atoms with Crippen LogP contribution in [0.15, 0.2) is 0 Å². The normalized spacial score (nSPS) is 22.3. The second-order valence-corrected chi connectivity index (χ2v) is 4.37. The lowest BCUT2D eigenvalue weighted by atomic mass is 9.75. The lowest BCUT2D eigenvalue weighted by Crippen LogP contribution is -2.59. The third-order valence-corrected chi connectivity index (χ3v) is 3.06. The van der Waals surface area contributed by atoms with Crippen LogP contribution in [0.1, 0.15) is 53.9 Å². The molecule has 1 spiro atoms. The molecule has 2 saturated heterocycles. The lowest BCUT2D eigenvalue weighted by Gasteiger charge is -2.52. The Hall–Kier alpha value is -0.0800. The SMILES string of the molecule is CC.CC.CCCN1CC2(CCCOC2)C1. The monoisotopic (exact) mass is 229 g/mol. The summed E-state index contributed by atoms with van der Waals surface area (Å²) in [6.07, 6.45) is 3.96. The van der Waals surface area contributed by atoms with Gasteiger partial charge in [0.25, 0.3) is 0 Å². The molecule has 0 N–H and O–H groups in total. The largest absolute Gasteiger partial charge is 0.381 e. The van der Waals surface area contributed by atoms with Crippen LogP contribution in [0.4, 0.5) is 0 Å².